The van der Waals surface area contributed by atoms with E-state index >= 15 is 0 Å². The standard InChI is InChI=1S/C30H40O20/c1-11(31)40-10-20-21(41-12(2)32)22(42-13(3)33)29(48-19(9)39)30(49-20)50-28-26(46-17(7)37)24(44-15(5)35)23(43-14(4)34)25(45-16(6)36)27(28)47-18(8)38/h20-30H,10H2,1-9H3. The smallest absolute Gasteiger partial charge is 0.303 e. The van der Waals surface area contributed by atoms with Gasteiger partial charge in [0, 0.05) is 62.3 Å². The molecule has 0 spiro atoms. The molecular formula is C30H40O20. The van der Waals surface area contributed by atoms with Crippen LogP contribution >= 0.6 is 0 Å². The first-order valence-corrected chi connectivity index (χ1v) is 15.0. The summed E-state index contributed by atoms with van der Waals surface area (Å²) in [5, 5.41) is 0. The molecule has 9 unspecified atom stereocenters. The lowest BCUT2D eigenvalue weighted by Crippen LogP contribution is -2.70. The molecule has 20 nitrogen and oxygen atoms in total. The van der Waals surface area contributed by atoms with Gasteiger partial charge in [-0.3, -0.25) is 43.2 Å². The second-order valence-electron chi connectivity index (χ2n) is 11.0. The fourth-order valence-corrected chi connectivity index (χ4v) is 5.36. The molecule has 2 fully saturated rings. The van der Waals surface area contributed by atoms with Crippen LogP contribution in [0.4, 0.5) is 0 Å². The minimum atomic E-state index is -1.96. The molecule has 0 aromatic rings. The van der Waals surface area contributed by atoms with Crippen molar-refractivity contribution in [3.8, 4) is 0 Å². The maximum absolute atomic E-state index is 12.5. The summed E-state index contributed by atoms with van der Waals surface area (Å²) in [6, 6.07) is 0. The normalized spacial score (nSPS) is 30.3. The summed E-state index contributed by atoms with van der Waals surface area (Å²) in [7, 11) is 0. The van der Waals surface area contributed by atoms with Crippen LogP contribution < -0.4 is 0 Å². The minimum Gasteiger partial charge on any atom is -0.463 e. The van der Waals surface area contributed by atoms with E-state index in [4.69, 9.17) is 52.1 Å². The Morgan fingerprint density at radius 2 is 0.620 bits per heavy atom. The number of hydrogen-bond donors (Lipinski definition) is 0. The summed E-state index contributed by atoms with van der Waals surface area (Å²) >= 11 is 0. The summed E-state index contributed by atoms with van der Waals surface area (Å²) in [6.07, 6.45) is -19.6. The molecular weight excluding hydrogens is 680 g/mol. The van der Waals surface area contributed by atoms with Crippen LogP contribution in [0, 0.1) is 0 Å². The van der Waals surface area contributed by atoms with Crippen molar-refractivity contribution >= 4 is 53.7 Å². The lowest BCUT2D eigenvalue weighted by atomic mass is 9.83. The van der Waals surface area contributed by atoms with Crippen molar-refractivity contribution in [2.45, 2.75) is 130 Å². The Labute approximate surface area is 285 Å². The highest BCUT2D eigenvalue weighted by Crippen LogP contribution is 2.38. The predicted molar refractivity (Wildman–Crippen MR) is 155 cm³/mol. The molecule has 0 amide bonds. The molecule has 280 valence electrons. The maximum atomic E-state index is 12.5. The van der Waals surface area contributed by atoms with Crippen molar-refractivity contribution in [1.82, 2.24) is 0 Å². The Morgan fingerprint density at radius 3 is 0.920 bits per heavy atom. The number of hydrogen-bond acceptors (Lipinski definition) is 20. The van der Waals surface area contributed by atoms with Crippen LogP contribution in [0.15, 0.2) is 0 Å². The molecule has 9 atom stereocenters. The van der Waals surface area contributed by atoms with Crippen molar-refractivity contribution in [2.75, 3.05) is 6.61 Å². The summed E-state index contributed by atoms with van der Waals surface area (Å²) in [5.41, 5.74) is 0. The third kappa shape index (κ3) is 11.9. The lowest BCUT2D eigenvalue weighted by molar-refractivity contribution is -0.343. The highest BCUT2D eigenvalue weighted by Gasteiger charge is 2.62. The summed E-state index contributed by atoms with van der Waals surface area (Å²) in [5.74, 6) is -8.68. The van der Waals surface area contributed by atoms with Crippen LogP contribution in [0.25, 0.3) is 0 Å². The van der Waals surface area contributed by atoms with E-state index in [0.717, 1.165) is 62.3 Å². The predicted octanol–water partition coefficient (Wildman–Crippen LogP) is -0.873. The summed E-state index contributed by atoms with van der Waals surface area (Å²) < 4.78 is 60.5. The van der Waals surface area contributed by atoms with Gasteiger partial charge in [-0.15, -0.1) is 0 Å². The second-order valence-corrected chi connectivity index (χ2v) is 11.0. The monoisotopic (exact) mass is 720 g/mol. The lowest BCUT2D eigenvalue weighted by Gasteiger charge is -2.50. The molecule has 20 heteroatoms. The Morgan fingerprint density at radius 1 is 0.360 bits per heavy atom. The van der Waals surface area contributed by atoms with Gasteiger partial charge in [0.2, 0.25) is 0 Å². The first-order chi connectivity index (χ1) is 23.2. The molecule has 50 heavy (non-hydrogen) atoms. The van der Waals surface area contributed by atoms with Gasteiger partial charge in [0.1, 0.15) is 18.8 Å². The Hall–Kier alpha value is -4.85. The molecule has 0 aromatic heterocycles. The topological polar surface area (TPSA) is 255 Å². The molecule has 2 aliphatic rings. The van der Waals surface area contributed by atoms with Crippen LogP contribution in [-0.2, 0) is 95.3 Å². The van der Waals surface area contributed by atoms with Crippen LogP contribution in [0.5, 0.6) is 0 Å². The number of ether oxygens (including phenoxy) is 11. The number of esters is 9. The Balaban J connectivity index is 2.89. The average molecular weight is 721 g/mol. The van der Waals surface area contributed by atoms with E-state index in [1.54, 1.807) is 0 Å². The van der Waals surface area contributed by atoms with Gasteiger partial charge in [0.25, 0.3) is 0 Å². The van der Waals surface area contributed by atoms with E-state index in [2.05, 4.69) is 0 Å². The average Bonchev–Trinajstić information content (AvgIpc) is 2.94. The number of carbonyl (C=O) groups is 9. The van der Waals surface area contributed by atoms with E-state index in [0.29, 0.717) is 0 Å². The van der Waals surface area contributed by atoms with E-state index in [9.17, 15) is 43.2 Å². The number of rotatable bonds is 12. The molecule has 0 radical (unpaired) electrons. The quantitative estimate of drug-likeness (QED) is 0.175. The SMILES string of the molecule is CC(=O)OCC1OC(OC2C(OC(C)=O)C(OC(C)=O)C(OC(C)=O)C(OC(C)=O)C2OC(C)=O)C(OC(C)=O)C(OC(C)=O)C1OC(C)=O. The van der Waals surface area contributed by atoms with Gasteiger partial charge < -0.3 is 52.1 Å². The zero-order valence-corrected chi connectivity index (χ0v) is 28.7. The van der Waals surface area contributed by atoms with Gasteiger partial charge in [-0.1, -0.05) is 0 Å². The van der Waals surface area contributed by atoms with Gasteiger partial charge in [-0.25, -0.2) is 0 Å². The van der Waals surface area contributed by atoms with Crippen molar-refractivity contribution in [1.29, 1.82) is 0 Å². The van der Waals surface area contributed by atoms with Gasteiger partial charge in [0.15, 0.2) is 55.1 Å². The van der Waals surface area contributed by atoms with Gasteiger partial charge in [0.05, 0.1) is 0 Å². The highest BCUT2D eigenvalue weighted by atomic mass is 16.8. The number of carbonyl (C=O) groups excluding carboxylic acids is 9. The van der Waals surface area contributed by atoms with Crippen LogP contribution in [-0.4, -0.2) is 128 Å². The van der Waals surface area contributed by atoms with Gasteiger partial charge in [-0.05, 0) is 0 Å². The van der Waals surface area contributed by atoms with Crippen LogP contribution in [0.3, 0.4) is 0 Å². The van der Waals surface area contributed by atoms with Crippen LogP contribution in [0.1, 0.15) is 62.3 Å². The molecule has 0 N–H and O–H groups in total. The van der Waals surface area contributed by atoms with E-state index in [-0.39, 0.29) is 0 Å². The van der Waals surface area contributed by atoms with Gasteiger partial charge in [-0.2, -0.15) is 0 Å². The summed E-state index contributed by atoms with van der Waals surface area (Å²) in [6.45, 7) is 8.17. The maximum Gasteiger partial charge on any atom is 0.303 e. The molecule has 1 saturated heterocycles. The third-order valence-electron chi connectivity index (χ3n) is 6.69. The van der Waals surface area contributed by atoms with Crippen LogP contribution in [0.2, 0.25) is 0 Å². The van der Waals surface area contributed by atoms with Crippen molar-refractivity contribution < 1.29 is 95.3 Å². The fourth-order valence-electron chi connectivity index (χ4n) is 5.36. The van der Waals surface area contributed by atoms with Gasteiger partial charge >= 0.3 is 53.7 Å². The molecule has 1 heterocycles. The first-order valence-electron chi connectivity index (χ1n) is 15.0. The molecule has 2 rings (SSSR count). The van der Waals surface area contributed by atoms with E-state index < -0.39 is 128 Å². The largest absolute Gasteiger partial charge is 0.463 e. The summed E-state index contributed by atoms with van der Waals surface area (Å²) in [4.78, 5) is 110. The highest BCUT2D eigenvalue weighted by molar-refractivity contribution is 5.71. The fraction of sp³-hybridized carbons (Fsp3) is 0.700. The second kappa shape index (κ2) is 18.2. The van der Waals surface area contributed by atoms with E-state index in [1.807, 2.05) is 0 Å². The first kappa shape index (κ1) is 41.3. The molecule has 1 aliphatic heterocycles. The van der Waals surface area contributed by atoms with E-state index in [1.165, 1.54) is 0 Å². The zero-order chi connectivity index (χ0) is 38.0. The molecule has 0 bridgehead atoms. The Kier molecular flexibility index (Phi) is 15.1. The van der Waals surface area contributed by atoms with Crippen molar-refractivity contribution in [3.63, 3.8) is 0 Å². The molecule has 0 aromatic carbocycles. The third-order valence-corrected chi connectivity index (χ3v) is 6.69. The zero-order valence-electron chi connectivity index (χ0n) is 28.7. The van der Waals surface area contributed by atoms with Crippen molar-refractivity contribution in [3.05, 3.63) is 0 Å². The molecule has 1 saturated carbocycles. The minimum absolute atomic E-state index is 0.649. The molecule has 1 aliphatic carbocycles. The Bertz CT molecular complexity index is 1280. The van der Waals surface area contributed by atoms with Crippen molar-refractivity contribution in [2.24, 2.45) is 0 Å².